The number of rotatable bonds is 7. The number of carboxylic acids is 1. The van der Waals surface area contributed by atoms with E-state index in [0.717, 1.165) is 5.56 Å². The van der Waals surface area contributed by atoms with Crippen molar-refractivity contribution >= 4 is 11.9 Å². The first-order chi connectivity index (χ1) is 9.06. The predicted octanol–water partition coefficient (Wildman–Crippen LogP) is 1.41. The number of carboxylic acid groups (broad SMARTS) is 1. The smallest absolute Gasteiger partial charge is 0.303 e. The maximum atomic E-state index is 11.8. The molecule has 0 bridgehead atoms. The predicted molar refractivity (Wildman–Crippen MR) is 70.7 cm³/mol. The topological polar surface area (TPSA) is 86.6 Å². The van der Waals surface area contributed by atoms with E-state index < -0.39 is 5.97 Å². The molecule has 0 saturated heterocycles. The second kappa shape index (κ2) is 7.53. The van der Waals surface area contributed by atoms with Gasteiger partial charge in [-0.15, -0.1) is 0 Å². The lowest BCUT2D eigenvalue weighted by Crippen LogP contribution is -2.30. The third-order valence-electron chi connectivity index (χ3n) is 2.99. The largest absolute Gasteiger partial charge is 0.481 e. The molecule has 0 heterocycles. The second-order valence-electron chi connectivity index (χ2n) is 4.44. The van der Waals surface area contributed by atoms with E-state index in [9.17, 15) is 9.59 Å². The Kier molecular flexibility index (Phi) is 6.02. The molecule has 0 aliphatic rings. The summed E-state index contributed by atoms with van der Waals surface area (Å²) < 4.78 is 0. The minimum Gasteiger partial charge on any atom is -0.481 e. The van der Waals surface area contributed by atoms with Gasteiger partial charge in [0.25, 0.3) is 5.91 Å². The molecule has 0 radical (unpaired) electrons. The molecule has 1 amide bonds. The van der Waals surface area contributed by atoms with E-state index in [2.05, 4.69) is 5.32 Å². The summed E-state index contributed by atoms with van der Waals surface area (Å²) in [6, 6.07) is 6.64. The number of aliphatic hydroxyl groups excluding tert-OH is 1. The van der Waals surface area contributed by atoms with Crippen LogP contribution in [0.25, 0.3) is 0 Å². The number of aliphatic carboxylic acids is 1. The highest BCUT2D eigenvalue weighted by Gasteiger charge is 2.13. The van der Waals surface area contributed by atoms with Crippen LogP contribution in [0.2, 0.25) is 0 Å². The molecule has 1 aromatic carbocycles. The van der Waals surface area contributed by atoms with Crippen molar-refractivity contribution < 1.29 is 19.8 Å². The normalized spacial score (nSPS) is 11.9. The summed E-state index contributed by atoms with van der Waals surface area (Å²) in [5, 5.41) is 20.3. The highest BCUT2D eigenvalue weighted by Crippen LogP contribution is 2.08. The van der Waals surface area contributed by atoms with E-state index in [1.54, 1.807) is 24.3 Å². The first-order valence-corrected chi connectivity index (χ1v) is 6.26. The molecule has 1 aromatic rings. The Hall–Kier alpha value is -1.88. The van der Waals surface area contributed by atoms with Gasteiger partial charge in [-0.1, -0.05) is 25.5 Å². The Bertz CT molecular complexity index is 428. The van der Waals surface area contributed by atoms with E-state index >= 15 is 0 Å². The third-order valence-corrected chi connectivity index (χ3v) is 2.99. The zero-order valence-corrected chi connectivity index (χ0v) is 10.9. The van der Waals surface area contributed by atoms with E-state index in [0.29, 0.717) is 18.5 Å². The van der Waals surface area contributed by atoms with Crippen LogP contribution in [0.15, 0.2) is 24.3 Å². The molecule has 0 aliphatic carbocycles. The van der Waals surface area contributed by atoms with Crippen LogP contribution in [0, 0.1) is 5.92 Å². The van der Waals surface area contributed by atoms with Crippen LogP contribution in [0.4, 0.5) is 0 Å². The van der Waals surface area contributed by atoms with Crippen molar-refractivity contribution in [1.82, 2.24) is 5.32 Å². The van der Waals surface area contributed by atoms with Crippen molar-refractivity contribution in [3.63, 3.8) is 0 Å². The highest BCUT2D eigenvalue weighted by atomic mass is 16.4. The number of aliphatic hydroxyl groups is 1. The monoisotopic (exact) mass is 265 g/mol. The fourth-order valence-electron chi connectivity index (χ4n) is 1.71. The van der Waals surface area contributed by atoms with E-state index in [1.807, 2.05) is 6.92 Å². The molecular weight excluding hydrogens is 246 g/mol. The lowest BCUT2D eigenvalue weighted by atomic mass is 10.0. The van der Waals surface area contributed by atoms with Crippen molar-refractivity contribution in [3.8, 4) is 0 Å². The number of nitrogens with one attached hydrogen (secondary N) is 1. The molecule has 1 atom stereocenters. The van der Waals surface area contributed by atoms with E-state index in [4.69, 9.17) is 10.2 Å². The average Bonchev–Trinajstić information content (AvgIpc) is 2.42. The number of amides is 1. The average molecular weight is 265 g/mol. The van der Waals surface area contributed by atoms with Crippen LogP contribution in [-0.4, -0.2) is 28.6 Å². The van der Waals surface area contributed by atoms with Gasteiger partial charge in [-0.3, -0.25) is 9.59 Å². The van der Waals surface area contributed by atoms with Crippen LogP contribution in [0.5, 0.6) is 0 Å². The molecule has 0 aromatic heterocycles. The van der Waals surface area contributed by atoms with Gasteiger partial charge in [0, 0.05) is 18.5 Å². The van der Waals surface area contributed by atoms with E-state index in [-0.39, 0.29) is 24.9 Å². The molecule has 0 fully saturated rings. The Morgan fingerprint density at radius 3 is 2.37 bits per heavy atom. The van der Waals surface area contributed by atoms with Gasteiger partial charge in [0.15, 0.2) is 0 Å². The molecule has 19 heavy (non-hydrogen) atoms. The molecule has 0 spiro atoms. The molecule has 0 saturated carbocycles. The van der Waals surface area contributed by atoms with Crippen molar-refractivity contribution in [2.24, 2.45) is 5.92 Å². The van der Waals surface area contributed by atoms with Gasteiger partial charge < -0.3 is 15.5 Å². The van der Waals surface area contributed by atoms with Crippen LogP contribution >= 0.6 is 0 Å². The van der Waals surface area contributed by atoms with Crippen LogP contribution in [0.3, 0.4) is 0 Å². The molecule has 1 rings (SSSR count). The molecule has 3 N–H and O–H groups in total. The first-order valence-electron chi connectivity index (χ1n) is 6.26. The lowest BCUT2D eigenvalue weighted by molar-refractivity contribution is -0.138. The van der Waals surface area contributed by atoms with E-state index in [1.165, 1.54) is 0 Å². The molecular formula is C14H19NO4. The Labute approximate surface area is 112 Å². The fraction of sp³-hybridized carbons (Fsp3) is 0.429. The lowest BCUT2D eigenvalue weighted by Gasteiger charge is -2.13. The minimum atomic E-state index is -0.853. The minimum absolute atomic E-state index is 0.0558. The van der Waals surface area contributed by atoms with Crippen LogP contribution in [-0.2, 0) is 11.4 Å². The summed E-state index contributed by atoms with van der Waals surface area (Å²) in [7, 11) is 0. The zero-order chi connectivity index (χ0) is 14.3. The van der Waals surface area contributed by atoms with Gasteiger partial charge in [-0.25, -0.2) is 0 Å². The SMILES string of the molecule is CCC(CNC(=O)c1ccc(CO)cc1)CC(=O)O. The summed E-state index contributed by atoms with van der Waals surface area (Å²) in [5.41, 5.74) is 1.25. The Morgan fingerprint density at radius 2 is 1.89 bits per heavy atom. The summed E-state index contributed by atoms with van der Waals surface area (Å²) >= 11 is 0. The molecule has 5 nitrogen and oxygen atoms in total. The van der Waals surface area contributed by atoms with Crippen LogP contribution in [0.1, 0.15) is 35.7 Å². The number of carbonyl (C=O) groups is 2. The molecule has 1 unspecified atom stereocenters. The molecule has 0 aliphatic heterocycles. The summed E-state index contributed by atoms with van der Waals surface area (Å²) in [4.78, 5) is 22.4. The second-order valence-corrected chi connectivity index (χ2v) is 4.44. The van der Waals surface area contributed by atoms with Gasteiger partial charge in [-0.2, -0.15) is 0 Å². The van der Waals surface area contributed by atoms with Crippen molar-refractivity contribution in [3.05, 3.63) is 35.4 Å². The summed E-state index contributed by atoms with van der Waals surface area (Å²) in [6.07, 6.45) is 0.760. The third kappa shape index (κ3) is 5.09. The maximum absolute atomic E-state index is 11.8. The zero-order valence-electron chi connectivity index (χ0n) is 10.9. The standard InChI is InChI=1S/C14H19NO4/c1-2-10(7-13(17)18)8-15-14(19)12-5-3-11(9-16)4-6-12/h3-6,10,16H,2,7-9H2,1H3,(H,15,19)(H,17,18). The van der Waals surface area contributed by atoms with Crippen molar-refractivity contribution in [2.75, 3.05) is 6.54 Å². The Balaban J connectivity index is 2.51. The van der Waals surface area contributed by atoms with Gasteiger partial charge in [0.1, 0.15) is 0 Å². The Morgan fingerprint density at radius 1 is 1.26 bits per heavy atom. The summed E-state index contributed by atoms with van der Waals surface area (Å²) in [6.45, 7) is 2.19. The number of hydrogen-bond acceptors (Lipinski definition) is 3. The van der Waals surface area contributed by atoms with Crippen molar-refractivity contribution in [2.45, 2.75) is 26.4 Å². The van der Waals surface area contributed by atoms with Gasteiger partial charge in [-0.05, 0) is 23.6 Å². The molecule has 104 valence electrons. The number of benzene rings is 1. The van der Waals surface area contributed by atoms with Crippen LogP contribution < -0.4 is 5.32 Å². The van der Waals surface area contributed by atoms with Crippen molar-refractivity contribution in [1.29, 1.82) is 0 Å². The number of carbonyl (C=O) groups excluding carboxylic acids is 1. The highest BCUT2D eigenvalue weighted by molar-refractivity contribution is 5.94. The van der Waals surface area contributed by atoms with Gasteiger partial charge in [0.2, 0.25) is 0 Å². The number of hydrogen-bond donors (Lipinski definition) is 3. The first kappa shape index (κ1) is 15.2. The summed E-state index contributed by atoms with van der Waals surface area (Å²) in [5.74, 6) is -1.14. The van der Waals surface area contributed by atoms with Gasteiger partial charge >= 0.3 is 5.97 Å². The molecule has 5 heteroatoms. The quantitative estimate of drug-likeness (QED) is 0.695. The maximum Gasteiger partial charge on any atom is 0.303 e. The van der Waals surface area contributed by atoms with Gasteiger partial charge in [0.05, 0.1) is 6.61 Å². The fourth-order valence-corrected chi connectivity index (χ4v) is 1.71.